The second kappa shape index (κ2) is 12.2. The average molecular weight is 443 g/mol. The van der Waals surface area contributed by atoms with Gasteiger partial charge in [-0.1, -0.05) is 42.5 Å². The van der Waals surface area contributed by atoms with E-state index in [0.29, 0.717) is 5.56 Å². The number of esters is 1. The fourth-order valence-electron chi connectivity index (χ4n) is 3.09. The summed E-state index contributed by atoms with van der Waals surface area (Å²) in [4.78, 5) is 47.0. The fourth-order valence-corrected chi connectivity index (χ4v) is 3.09. The van der Waals surface area contributed by atoms with Crippen molar-refractivity contribution in [1.82, 2.24) is 5.32 Å². The molecular weight excluding hydrogens is 418 g/mol. The van der Waals surface area contributed by atoms with Crippen LogP contribution < -0.4 is 11.1 Å². The summed E-state index contributed by atoms with van der Waals surface area (Å²) in [7, 11) is 0. The Labute approximate surface area is 184 Å². The summed E-state index contributed by atoms with van der Waals surface area (Å²) in [5.74, 6) is -2.95. The van der Waals surface area contributed by atoms with Gasteiger partial charge in [-0.05, 0) is 18.1 Å². The summed E-state index contributed by atoms with van der Waals surface area (Å²) in [6.45, 7) is 1.64. The highest BCUT2D eigenvalue weighted by atomic mass is 16.6. The molecule has 0 saturated heterocycles. The molecule has 0 aromatic heterocycles. The molecule has 3 N–H and O–H groups in total. The number of primary amides is 1. The Bertz CT molecular complexity index is 932. The number of carbonyl (C=O) groups excluding carboxylic acids is 3. The molecule has 0 aliphatic rings. The Hall–Kier alpha value is -3.79. The van der Waals surface area contributed by atoms with E-state index in [1.807, 2.05) is 30.3 Å². The minimum absolute atomic E-state index is 0.132. The predicted octanol–water partition coefficient (Wildman–Crippen LogP) is 1.82. The van der Waals surface area contributed by atoms with E-state index in [1.54, 1.807) is 6.92 Å². The number of nitro benzene ring substituents is 1. The third-order valence-electron chi connectivity index (χ3n) is 4.59. The smallest absolute Gasteiger partial charge is 0.306 e. The van der Waals surface area contributed by atoms with Crippen molar-refractivity contribution in [3.05, 3.63) is 75.8 Å². The molecule has 0 radical (unpaired) electrons. The van der Waals surface area contributed by atoms with Crippen LogP contribution in [0.4, 0.5) is 5.69 Å². The van der Waals surface area contributed by atoms with Gasteiger partial charge in [0, 0.05) is 18.1 Å². The zero-order valence-corrected chi connectivity index (χ0v) is 17.6. The number of nitro groups is 1. The molecule has 0 heterocycles. The maximum atomic E-state index is 12.4. The number of benzene rings is 2. The molecular formula is C22H25N3O7. The summed E-state index contributed by atoms with van der Waals surface area (Å²) in [6, 6.07) is 13.3. The number of amides is 2. The number of hydrogen-bond donors (Lipinski definition) is 2. The number of nitrogens with one attached hydrogen (secondary N) is 1. The highest BCUT2D eigenvalue weighted by molar-refractivity contribution is 5.88. The van der Waals surface area contributed by atoms with Gasteiger partial charge in [0.05, 0.1) is 24.6 Å². The van der Waals surface area contributed by atoms with Crippen molar-refractivity contribution < 1.29 is 28.8 Å². The Kier molecular flexibility index (Phi) is 9.30. The topological polar surface area (TPSA) is 151 Å². The summed E-state index contributed by atoms with van der Waals surface area (Å²) >= 11 is 0. The second-order valence-corrected chi connectivity index (χ2v) is 6.89. The van der Waals surface area contributed by atoms with E-state index >= 15 is 0 Å². The molecule has 2 amide bonds. The minimum atomic E-state index is -1.26. The number of hydrogen-bond acceptors (Lipinski definition) is 7. The summed E-state index contributed by atoms with van der Waals surface area (Å²) in [5.41, 5.74) is 6.65. The van der Waals surface area contributed by atoms with E-state index in [1.165, 1.54) is 24.3 Å². The van der Waals surface area contributed by atoms with Crippen molar-refractivity contribution >= 4 is 23.5 Å². The van der Waals surface area contributed by atoms with Crippen LogP contribution in [0.5, 0.6) is 0 Å². The average Bonchev–Trinajstić information content (AvgIpc) is 2.77. The zero-order valence-electron chi connectivity index (χ0n) is 17.6. The molecule has 2 aromatic carbocycles. The van der Waals surface area contributed by atoms with Crippen LogP contribution in [0, 0.1) is 10.1 Å². The van der Waals surface area contributed by atoms with Gasteiger partial charge in [-0.15, -0.1) is 0 Å². The van der Waals surface area contributed by atoms with Crippen LogP contribution in [-0.4, -0.2) is 42.0 Å². The zero-order chi connectivity index (χ0) is 23.5. The fraction of sp³-hybridized carbons (Fsp3) is 0.318. The summed E-state index contributed by atoms with van der Waals surface area (Å²) < 4.78 is 10.3. The van der Waals surface area contributed by atoms with Gasteiger partial charge in [0.2, 0.25) is 11.8 Å². The van der Waals surface area contributed by atoms with Crippen LogP contribution in [0.2, 0.25) is 0 Å². The van der Waals surface area contributed by atoms with E-state index in [2.05, 4.69) is 5.32 Å². The van der Waals surface area contributed by atoms with Crippen LogP contribution in [-0.2, 0) is 30.5 Å². The van der Waals surface area contributed by atoms with Gasteiger partial charge in [0.15, 0.2) is 0 Å². The van der Waals surface area contributed by atoms with Crippen LogP contribution in [0.1, 0.15) is 30.4 Å². The number of nitrogens with two attached hydrogens (primary N) is 1. The van der Waals surface area contributed by atoms with Crippen LogP contribution in [0.25, 0.3) is 0 Å². The van der Waals surface area contributed by atoms with Crippen LogP contribution >= 0.6 is 0 Å². The molecule has 32 heavy (non-hydrogen) atoms. The second-order valence-electron chi connectivity index (χ2n) is 6.89. The lowest BCUT2D eigenvalue weighted by Crippen LogP contribution is -2.49. The molecule has 0 bridgehead atoms. The largest absolute Gasteiger partial charge is 0.466 e. The van der Waals surface area contributed by atoms with Gasteiger partial charge in [-0.25, -0.2) is 0 Å². The number of rotatable bonds is 12. The van der Waals surface area contributed by atoms with Crippen LogP contribution in [0.15, 0.2) is 54.6 Å². The third-order valence-corrected chi connectivity index (χ3v) is 4.59. The molecule has 0 fully saturated rings. The lowest BCUT2D eigenvalue weighted by molar-refractivity contribution is -0.384. The lowest BCUT2D eigenvalue weighted by atomic mass is 9.87. The molecule has 0 aliphatic heterocycles. The Balaban J connectivity index is 2.14. The molecule has 2 rings (SSSR count). The first-order valence-corrected chi connectivity index (χ1v) is 9.92. The van der Waals surface area contributed by atoms with Crippen molar-refractivity contribution in [3.63, 3.8) is 0 Å². The quantitative estimate of drug-likeness (QED) is 0.288. The van der Waals surface area contributed by atoms with Gasteiger partial charge in [-0.2, -0.15) is 0 Å². The first-order valence-electron chi connectivity index (χ1n) is 9.92. The van der Waals surface area contributed by atoms with E-state index in [-0.39, 0.29) is 31.9 Å². The number of ether oxygens (including phenoxy) is 2. The SMILES string of the molecule is CCOC(=O)C[C@@H](c1ccc([N+](=O)[O-])cc1)[C@H](NC(=O)COCc1ccccc1)C(N)=O. The minimum Gasteiger partial charge on any atom is -0.466 e. The molecule has 170 valence electrons. The molecule has 0 unspecified atom stereocenters. The first kappa shape index (κ1) is 24.5. The summed E-state index contributed by atoms with van der Waals surface area (Å²) in [5, 5.41) is 13.4. The molecule has 10 heteroatoms. The van der Waals surface area contributed by atoms with Gasteiger partial charge >= 0.3 is 5.97 Å². The lowest BCUT2D eigenvalue weighted by Gasteiger charge is -2.25. The number of nitrogens with zero attached hydrogens (tertiary/aromatic N) is 1. The molecule has 2 atom stereocenters. The van der Waals surface area contributed by atoms with Crippen molar-refractivity contribution in [3.8, 4) is 0 Å². The molecule has 2 aromatic rings. The van der Waals surface area contributed by atoms with E-state index in [0.717, 1.165) is 5.56 Å². The monoisotopic (exact) mass is 443 g/mol. The van der Waals surface area contributed by atoms with E-state index < -0.39 is 34.7 Å². The highest BCUT2D eigenvalue weighted by Crippen LogP contribution is 2.26. The Morgan fingerprint density at radius 3 is 2.31 bits per heavy atom. The van der Waals surface area contributed by atoms with Crippen molar-refractivity contribution in [2.45, 2.75) is 31.9 Å². The molecule has 0 spiro atoms. The maximum absolute atomic E-state index is 12.4. The highest BCUT2D eigenvalue weighted by Gasteiger charge is 2.32. The normalized spacial score (nSPS) is 12.4. The number of non-ortho nitro benzene ring substituents is 1. The van der Waals surface area contributed by atoms with E-state index in [4.69, 9.17) is 15.2 Å². The van der Waals surface area contributed by atoms with Gasteiger partial charge in [0.1, 0.15) is 12.6 Å². The Morgan fingerprint density at radius 1 is 1.09 bits per heavy atom. The van der Waals surface area contributed by atoms with Crippen molar-refractivity contribution in [1.29, 1.82) is 0 Å². The number of carbonyl (C=O) groups is 3. The molecule has 0 saturated carbocycles. The predicted molar refractivity (Wildman–Crippen MR) is 114 cm³/mol. The van der Waals surface area contributed by atoms with E-state index in [9.17, 15) is 24.5 Å². The summed E-state index contributed by atoms with van der Waals surface area (Å²) in [6.07, 6.45) is -0.260. The Morgan fingerprint density at radius 2 is 1.75 bits per heavy atom. The molecule has 10 nitrogen and oxygen atoms in total. The maximum Gasteiger partial charge on any atom is 0.306 e. The van der Waals surface area contributed by atoms with Crippen molar-refractivity contribution in [2.75, 3.05) is 13.2 Å². The van der Waals surface area contributed by atoms with Crippen molar-refractivity contribution in [2.24, 2.45) is 5.73 Å². The first-order chi connectivity index (χ1) is 15.3. The van der Waals surface area contributed by atoms with Crippen LogP contribution in [0.3, 0.4) is 0 Å². The molecule has 0 aliphatic carbocycles. The third kappa shape index (κ3) is 7.47. The van der Waals surface area contributed by atoms with Gasteiger partial charge in [0.25, 0.3) is 5.69 Å². The van der Waals surface area contributed by atoms with Gasteiger partial charge < -0.3 is 20.5 Å². The standard InChI is InChI=1S/C22H25N3O7/c1-2-32-20(27)12-18(16-8-10-17(11-9-16)25(29)30)21(22(23)28)24-19(26)14-31-13-15-6-4-3-5-7-15/h3-11,18,21H,2,12-14H2,1H3,(H2,23,28)(H,24,26)/t18-,21-/m0/s1. The van der Waals surface area contributed by atoms with Gasteiger partial charge in [-0.3, -0.25) is 24.5 Å².